The fourth-order valence-electron chi connectivity index (χ4n) is 2.77. The van der Waals surface area contributed by atoms with Crippen LogP contribution in [0.4, 0.5) is 5.13 Å². The van der Waals surface area contributed by atoms with Crippen LogP contribution in [0.1, 0.15) is 38.3 Å². The summed E-state index contributed by atoms with van der Waals surface area (Å²) in [4.78, 5) is 41.7. The molecule has 7 nitrogen and oxygen atoms in total. The number of aryl methyl sites for hydroxylation is 2. The first-order valence-corrected chi connectivity index (χ1v) is 9.04. The van der Waals surface area contributed by atoms with E-state index in [-0.39, 0.29) is 16.5 Å². The lowest BCUT2D eigenvalue weighted by Gasteiger charge is -2.02. The number of benzene rings is 1. The first-order chi connectivity index (χ1) is 12.8. The van der Waals surface area contributed by atoms with Crippen LogP contribution in [0.25, 0.3) is 11.3 Å². The van der Waals surface area contributed by atoms with Crippen LogP contribution in [0, 0.1) is 13.8 Å². The van der Waals surface area contributed by atoms with E-state index in [0.717, 1.165) is 16.9 Å². The Hall–Kier alpha value is -3.13. The number of aromatic nitrogens is 3. The maximum Gasteiger partial charge on any atom is 0.298 e. The Kier molecular flexibility index (Phi) is 5.00. The van der Waals surface area contributed by atoms with Crippen LogP contribution in [0.15, 0.2) is 30.3 Å². The number of anilines is 1. The molecular formula is C19H18N4O3S. The number of carbonyl (C=O) groups excluding carboxylic acids is 3. The normalized spacial score (nSPS) is 10.7. The zero-order valence-corrected chi connectivity index (χ0v) is 16.2. The molecule has 0 radical (unpaired) electrons. The third-order valence-electron chi connectivity index (χ3n) is 4.16. The molecule has 2 heterocycles. The molecule has 1 N–H and O–H groups in total. The molecule has 3 aromatic rings. The zero-order chi connectivity index (χ0) is 19.7. The van der Waals surface area contributed by atoms with Gasteiger partial charge in [-0.2, -0.15) is 5.10 Å². The quantitative estimate of drug-likeness (QED) is 0.540. The van der Waals surface area contributed by atoms with Gasteiger partial charge in [-0.05, 0) is 13.8 Å². The van der Waals surface area contributed by atoms with E-state index in [0.29, 0.717) is 22.0 Å². The predicted octanol–water partition coefficient (Wildman–Crippen LogP) is 3.18. The Balaban J connectivity index is 1.91. The van der Waals surface area contributed by atoms with Gasteiger partial charge in [-0.15, -0.1) is 0 Å². The lowest BCUT2D eigenvalue weighted by Crippen LogP contribution is -2.23. The molecule has 8 heteroatoms. The van der Waals surface area contributed by atoms with Crippen molar-refractivity contribution in [3.05, 3.63) is 52.2 Å². The van der Waals surface area contributed by atoms with E-state index < -0.39 is 11.7 Å². The van der Waals surface area contributed by atoms with Crippen molar-refractivity contribution in [2.45, 2.75) is 20.8 Å². The molecule has 0 aliphatic heterocycles. The maximum absolute atomic E-state index is 12.5. The monoisotopic (exact) mass is 382 g/mol. The minimum absolute atomic E-state index is 0.155. The van der Waals surface area contributed by atoms with Gasteiger partial charge in [-0.1, -0.05) is 41.7 Å². The molecule has 0 saturated carbocycles. The molecule has 0 aliphatic carbocycles. The van der Waals surface area contributed by atoms with Gasteiger partial charge in [-0.25, -0.2) is 4.98 Å². The van der Waals surface area contributed by atoms with Gasteiger partial charge in [-0.3, -0.25) is 24.4 Å². The molecule has 138 valence electrons. The molecule has 0 bridgehead atoms. The summed E-state index contributed by atoms with van der Waals surface area (Å²) in [6, 6.07) is 9.22. The van der Waals surface area contributed by atoms with Gasteiger partial charge in [0, 0.05) is 25.2 Å². The zero-order valence-electron chi connectivity index (χ0n) is 15.4. The number of Topliss-reactive ketones (excluding diaryl/α,β-unsaturated/α-hetero) is 2. The molecule has 2 aromatic heterocycles. The van der Waals surface area contributed by atoms with Crippen LogP contribution in [-0.4, -0.2) is 32.2 Å². The molecule has 0 unspecified atom stereocenters. The number of hydrogen-bond donors (Lipinski definition) is 1. The molecule has 0 atom stereocenters. The fourth-order valence-corrected chi connectivity index (χ4v) is 3.65. The van der Waals surface area contributed by atoms with Gasteiger partial charge < -0.3 is 0 Å². The lowest BCUT2D eigenvalue weighted by atomic mass is 10.1. The van der Waals surface area contributed by atoms with E-state index in [1.807, 2.05) is 30.3 Å². The summed E-state index contributed by atoms with van der Waals surface area (Å²) in [6.07, 6.45) is 0. The lowest BCUT2D eigenvalue weighted by molar-refractivity contribution is -0.112. The average Bonchev–Trinajstić information content (AvgIpc) is 3.16. The predicted molar refractivity (Wildman–Crippen MR) is 103 cm³/mol. The Labute approximate surface area is 160 Å². The first kappa shape index (κ1) is 18.7. The Morgan fingerprint density at radius 3 is 2.33 bits per heavy atom. The van der Waals surface area contributed by atoms with Crippen molar-refractivity contribution in [1.29, 1.82) is 0 Å². The molecule has 27 heavy (non-hydrogen) atoms. The fraction of sp³-hybridized carbons (Fsp3) is 0.211. The second kappa shape index (κ2) is 7.24. The molecular weight excluding hydrogens is 364 g/mol. The van der Waals surface area contributed by atoms with Crippen LogP contribution in [0.5, 0.6) is 0 Å². The molecule has 0 spiro atoms. The third kappa shape index (κ3) is 3.56. The van der Waals surface area contributed by atoms with Gasteiger partial charge in [0.1, 0.15) is 0 Å². The van der Waals surface area contributed by atoms with Crippen molar-refractivity contribution in [2.75, 3.05) is 5.32 Å². The Morgan fingerprint density at radius 1 is 1.11 bits per heavy atom. The van der Waals surface area contributed by atoms with Crippen molar-refractivity contribution < 1.29 is 14.4 Å². The number of amides is 1. The van der Waals surface area contributed by atoms with E-state index in [1.54, 1.807) is 25.6 Å². The van der Waals surface area contributed by atoms with E-state index in [1.165, 1.54) is 6.92 Å². The van der Waals surface area contributed by atoms with Crippen LogP contribution in [0.2, 0.25) is 0 Å². The largest absolute Gasteiger partial charge is 0.298 e. The summed E-state index contributed by atoms with van der Waals surface area (Å²) >= 11 is 1.05. The number of carbonyl (C=O) groups is 3. The summed E-state index contributed by atoms with van der Waals surface area (Å²) in [6.45, 7) is 4.85. The maximum atomic E-state index is 12.5. The van der Waals surface area contributed by atoms with Gasteiger partial charge in [0.25, 0.3) is 11.7 Å². The second-order valence-corrected chi connectivity index (χ2v) is 7.07. The summed E-state index contributed by atoms with van der Waals surface area (Å²) < 4.78 is 1.56. The number of hydrogen-bond acceptors (Lipinski definition) is 6. The molecule has 1 amide bonds. The highest BCUT2D eigenvalue weighted by molar-refractivity contribution is 7.18. The van der Waals surface area contributed by atoms with Crippen molar-refractivity contribution in [1.82, 2.24) is 14.8 Å². The molecule has 0 saturated heterocycles. The second-order valence-electron chi connectivity index (χ2n) is 6.07. The highest BCUT2D eigenvalue weighted by Crippen LogP contribution is 2.31. The average molecular weight is 382 g/mol. The van der Waals surface area contributed by atoms with Crippen molar-refractivity contribution in [3.8, 4) is 11.3 Å². The molecule has 1 aromatic carbocycles. The third-order valence-corrected chi connectivity index (χ3v) is 5.23. The summed E-state index contributed by atoms with van der Waals surface area (Å²) in [5.74, 6) is -1.64. The smallest absolute Gasteiger partial charge is 0.295 e. The Bertz CT molecular complexity index is 1050. The van der Waals surface area contributed by atoms with Crippen molar-refractivity contribution in [3.63, 3.8) is 0 Å². The van der Waals surface area contributed by atoms with Gasteiger partial charge >= 0.3 is 0 Å². The number of thiazole rings is 1. The standard InChI is InChI=1S/C19H18N4O3S/c1-10-14(11(2)23(4)22-10)16(25)18(26)21-19-20-15(17(27-19)12(3)24)13-8-6-5-7-9-13/h5-9H,1-4H3,(H,20,21,26). The first-order valence-electron chi connectivity index (χ1n) is 8.22. The Morgan fingerprint density at radius 2 is 1.78 bits per heavy atom. The van der Waals surface area contributed by atoms with Crippen LogP contribution < -0.4 is 5.32 Å². The van der Waals surface area contributed by atoms with E-state index in [2.05, 4.69) is 15.4 Å². The number of ketones is 2. The minimum atomic E-state index is -0.808. The van der Waals surface area contributed by atoms with Crippen LogP contribution in [-0.2, 0) is 11.8 Å². The van der Waals surface area contributed by atoms with Gasteiger partial charge in [0.05, 0.1) is 21.8 Å². The van der Waals surface area contributed by atoms with Crippen LogP contribution >= 0.6 is 11.3 Å². The highest BCUT2D eigenvalue weighted by atomic mass is 32.1. The van der Waals surface area contributed by atoms with E-state index in [4.69, 9.17) is 0 Å². The van der Waals surface area contributed by atoms with Crippen LogP contribution in [0.3, 0.4) is 0 Å². The number of nitrogens with zero attached hydrogens (tertiary/aromatic N) is 3. The van der Waals surface area contributed by atoms with E-state index in [9.17, 15) is 14.4 Å². The number of rotatable bonds is 5. The molecule has 0 aliphatic rings. The molecule has 3 rings (SSSR count). The van der Waals surface area contributed by atoms with Crippen molar-refractivity contribution >= 4 is 33.9 Å². The number of nitrogens with one attached hydrogen (secondary N) is 1. The summed E-state index contributed by atoms with van der Waals surface area (Å²) in [5.41, 5.74) is 2.64. The van der Waals surface area contributed by atoms with Gasteiger partial charge in [0.15, 0.2) is 10.9 Å². The van der Waals surface area contributed by atoms with Crippen molar-refractivity contribution in [2.24, 2.45) is 7.05 Å². The topological polar surface area (TPSA) is 94.0 Å². The highest BCUT2D eigenvalue weighted by Gasteiger charge is 2.25. The van der Waals surface area contributed by atoms with E-state index >= 15 is 0 Å². The van der Waals surface area contributed by atoms with Gasteiger partial charge in [0.2, 0.25) is 0 Å². The summed E-state index contributed by atoms with van der Waals surface area (Å²) in [7, 11) is 1.71. The SMILES string of the molecule is CC(=O)c1sc(NC(=O)C(=O)c2c(C)nn(C)c2C)nc1-c1ccccc1. The minimum Gasteiger partial charge on any atom is -0.295 e. The molecule has 0 fully saturated rings. The summed E-state index contributed by atoms with van der Waals surface area (Å²) in [5, 5.41) is 6.88.